The van der Waals surface area contributed by atoms with Crippen LogP contribution in [-0.4, -0.2) is 4.98 Å². The molecule has 0 fully saturated rings. The molecule has 1 aromatic rings. The van der Waals surface area contributed by atoms with Crippen molar-refractivity contribution in [3.05, 3.63) is 29.6 Å². The molecule has 0 saturated heterocycles. The molecule has 2 N–H and O–H groups in total. The Bertz CT molecular complexity index is 297. The monoisotopic (exact) mass is 220 g/mol. The van der Waals surface area contributed by atoms with E-state index in [9.17, 15) is 0 Å². The number of unbranched alkanes of at least 4 members (excludes halogenated alkanes) is 4. The van der Waals surface area contributed by atoms with E-state index in [4.69, 9.17) is 5.73 Å². The molecule has 0 bridgehead atoms. The van der Waals surface area contributed by atoms with Gasteiger partial charge in [-0.05, 0) is 25.0 Å². The first-order valence-electron chi connectivity index (χ1n) is 6.42. The van der Waals surface area contributed by atoms with Crippen molar-refractivity contribution in [2.45, 2.75) is 58.4 Å². The quantitative estimate of drug-likeness (QED) is 0.711. The Hall–Kier alpha value is -0.890. The van der Waals surface area contributed by atoms with Crippen LogP contribution in [0.1, 0.15) is 62.7 Å². The molecule has 0 radical (unpaired) electrons. The summed E-state index contributed by atoms with van der Waals surface area (Å²) in [5.74, 6) is 0. The molecule has 0 aliphatic carbocycles. The van der Waals surface area contributed by atoms with Gasteiger partial charge in [-0.2, -0.15) is 0 Å². The number of rotatable bonds is 7. The lowest BCUT2D eigenvalue weighted by Crippen LogP contribution is -2.12. The average molecular weight is 220 g/mol. The molecule has 16 heavy (non-hydrogen) atoms. The van der Waals surface area contributed by atoms with Gasteiger partial charge in [-0.3, -0.25) is 4.98 Å². The lowest BCUT2D eigenvalue weighted by atomic mass is 10.00. The minimum absolute atomic E-state index is 0.162. The summed E-state index contributed by atoms with van der Waals surface area (Å²) in [4.78, 5) is 4.28. The first kappa shape index (κ1) is 13.2. The van der Waals surface area contributed by atoms with Crippen LogP contribution < -0.4 is 5.73 Å². The highest BCUT2D eigenvalue weighted by atomic mass is 14.7. The van der Waals surface area contributed by atoms with E-state index in [0.717, 1.165) is 12.1 Å². The van der Waals surface area contributed by atoms with Gasteiger partial charge in [0.25, 0.3) is 0 Å². The minimum atomic E-state index is 0.162. The molecule has 0 aromatic carbocycles. The van der Waals surface area contributed by atoms with E-state index in [1.165, 1.54) is 37.7 Å². The standard InChI is InChI=1S/C14H24N2/c1-3-4-5-6-7-10-14(15)13-9-8-11-16-12(13)2/h8-9,11,14H,3-7,10,15H2,1-2H3. The van der Waals surface area contributed by atoms with Crippen LogP contribution in [0.3, 0.4) is 0 Å². The fourth-order valence-corrected chi connectivity index (χ4v) is 2.01. The maximum atomic E-state index is 6.17. The summed E-state index contributed by atoms with van der Waals surface area (Å²) < 4.78 is 0. The van der Waals surface area contributed by atoms with Gasteiger partial charge < -0.3 is 5.73 Å². The predicted molar refractivity (Wildman–Crippen MR) is 69.3 cm³/mol. The van der Waals surface area contributed by atoms with E-state index < -0.39 is 0 Å². The van der Waals surface area contributed by atoms with E-state index in [1.807, 2.05) is 19.2 Å². The summed E-state index contributed by atoms with van der Waals surface area (Å²) in [7, 11) is 0. The van der Waals surface area contributed by atoms with Crippen LogP contribution in [0.5, 0.6) is 0 Å². The molecule has 0 aliphatic rings. The third-order valence-electron chi connectivity index (χ3n) is 3.07. The maximum Gasteiger partial charge on any atom is 0.0420 e. The third kappa shape index (κ3) is 4.31. The van der Waals surface area contributed by atoms with Crippen LogP contribution >= 0.6 is 0 Å². The Balaban J connectivity index is 2.30. The summed E-state index contributed by atoms with van der Waals surface area (Å²) in [6.45, 7) is 4.27. The Labute approximate surface area is 99.3 Å². The molecule has 1 rings (SSSR count). The van der Waals surface area contributed by atoms with E-state index in [-0.39, 0.29) is 6.04 Å². The predicted octanol–water partition coefficient (Wildman–Crippen LogP) is 3.75. The molecule has 90 valence electrons. The molecule has 1 heterocycles. The van der Waals surface area contributed by atoms with Crippen LogP contribution in [0.25, 0.3) is 0 Å². The van der Waals surface area contributed by atoms with Gasteiger partial charge in [-0.15, -0.1) is 0 Å². The minimum Gasteiger partial charge on any atom is -0.324 e. The number of aryl methyl sites for hydroxylation is 1. The Morgan fingerprint density at radius 2 is 2.00 bits per heavy atom. The molecule has 0 aliphatic heterocycles. The molecule has 2 heteroatoms. The summed E-state index contributed by atoms with van der Waals surface area (Å²) in [5.41, 5.74) is 8.45. The van der Waals surface area contributed by atoms with E-state index >= 15 is 0 Å². The van der Waals surface area contributed by atoms with Crippen LogP contribution in [0.15, 0.2) is 18.3 Å². The number of aromatic nitrogens is 1. The van der Waals surface area contributed by atoms with Crippen LogP contribution in [0.2, 0.25) is 0 Å². The van der Waals surface area contributed by atoms with Crippen LogP contribution in [0, 0.1) is 6.92 Å². The van der Waals surface area contributed by atoms with E-state index in [1.54, 1.807) is 0 Å². The van der Waals surface area contributed by atoms with Crippen LogP contribution in [0.4, 0.5) is 0 Å². The first-order chi connectivity index (χ1) is 7.75. The number of pyridine rings is 1. The van der Waals surface area contributed by atoms with Gasteiger partial charge in [0.1, 0.15) is 0 Å². The smallest absolute Gasteiger partial charge is 0.0420 e. The Morgan fingerprint density at radius 1 is 1.25 bits per heavy atom. The van der Waals surface area contributed by atoms with Gasteiger partial charge in [0, 0.05) is 17.9 Å². The Morgan fingerprint density at radius 3 is 2.69 bits per heavy atom. The summed E-state index contributed by atoms with van der Waals surface area (Å²) in [5, 5.41) is 0. The molecular weight excluding hydrogens is 196 g/mol. The second-order valence-corrected chi connectivity index (χ2v) is 4.49. The van der Waals surface area contributed by atoms with Crippen molar-refractivity contribution in [3.8, 4) is 0 Å². The average Bonchev–Trinajstić information content (AvgIpc) is 2.29. The molecular formula is C14H24N2. The van der Waals surface area contributed by atoms with Gasteiger partial charge in [0.2, 0.25) is 0 Å². The molecule has 2 nitrogen and oxygen atoms in total. The van der Waals surface area contributed by atoms with Gasteiger partial charge in [-0.25, -0.2) is 0 Å². The van der Waals surface area contributed by atoms with Crippen molar-refractivity contribution < 1.29 is 0 Å². The fraction of sp³-hybridized carbons (Fsp3) is 0.643. The zero-order chi connectivity index (χ0) is 11.8. The molecule has 0 saturated carbocycles. The van der Waals surface area contributed by atoms with Crippen molar-refractivity contribution in [1.29, 1.82) is 0 Å². The molecule has 0 amide bonds. The maximum absolute atomic E-state index is 6.17. The largest absolute Gasteiger partial charge is 0.324 e. The highest BCUT2D eigenvalue weighted by molar-refractivity contribution is 5.21. The van der Waals surface area contributed by atoms with Crippen molar-refractivity contribution in [1.82, 2.24) is 4.98 Å². The van der Waals surface area contributed by atoms with E-state index in [0.29, 0.717) is 0 Å². The lowest BCUT2D eigenvalue weighted by Gasteiger charge is -2.13. The normalized spacial score (nSPS) is 12.7. The van der Waals surface area contributed by atoms with Crippen LogP contribution in [-0.2, 0) is 0 Å². The van der Waals surface area contributed by atoms with Gasteiger partial charge in [-0.1, -0.05) is 45.1 Å². The second kappa shape index (κ2) is 7.39. The zero-order valence-electron chi connectivity index (χ0n) is 10.6. The van der Waals surface area contributed by atoms with Crippen molar-refractivity contribution in [2.75, 3.05) is 0 Å². The lowest BCUT2D eigenvalue weighted by molar-refractivity contribution is 0.553. The van der Waals surface area contributed by atoms with Crippen molar-refractivity contribution >= 4 is 0 Å². The number of nitrogens with two attached hydrogens (primary N) is 1. The second-order valence-electron chi connectivity index (χ2n) is 4.49. The SMILES string of the molecule is CCCCCCCC(N)c1cccnc1C. The highest BCUT2D eigenvalue weighted by Crippen LogP contribution is 2.19. The fourth-order valence-electron chi connectivity index (χ4n) is 2.01. The highest BCUT2D eigenvalue weighted by Gasteiger charge is 2.08. The summed E-state index contributed by atoms with van der Waals surface area (Å²) >= 11 is 0. The van der Waals surface area contributed by atoms with Gasteiger partial charge in [0.15, 0.2) is 0 Å². The number of hydrogen-bond donors (Lipinski definition) is 1. The van der Waals surface area contributed by atoms with Crippen molar-refractivity contribution in [3.63, 3.8) is 0 Å². The van der Waals surface area contributed by atoms with Gasteiger partial charge in [0.05, 0.1) is 0 Å². The van der Waals surface area contributed by atoms with Crippen molar-refractivity contribution in [2.24, 2.45) is 5.73 Å². The molecule has 0 spiro atoms. The Kier molecular flexibility index (Phi) is 6.09. The third-order valence-corrected chi connectivity index (χ3v) is 3.07. The summed E-state index contributed by atoms with van der Waals surface area (Å²) in [6, 6.07) is 4.23. The molecule has 1 unspecified atom stereocenters. The first-order valence-corrected chi connectivity index (χ1v) is 6.42. The number of nitrogens with zero attached hydrogens (tertiary/aromatic N) is 1. The van der Waals surface area contributed by atoms with Gasteiger partial charge >= 0.3 is 0 Å². The summed E-state index contributed by atoms with van der Waals surface area (Å²) in [6.07, 6.45) is 9.43. The molecule has 1 atom stereocenters. The topological polar surface area (TPSA) is 38.9 Å². The van der Waals surface area contributed by atoms with E-state index in [2.05, 4.69) is 18.0 Å². The molecule has 1 aromatic heterocycles. The zero-order valence-corrected chi connectivity index (χ0v) is 10.6. The number of hydrogen-bond acceptors (Lipinski definition) is 2.